The number of piperidine rings is 1. The number of rotatable bonds is 5. The van der Waals surface area contributed by atoms with Crippen LogP contribution >= 0.6 is 0 Å². The molecule has 2 aliphatic rings. The Morgan fingerprint density at radius 2 is 1.90 bits per heavy atom. The second-order valence-corrected chi connectivity index (χ2v) is 7.21. The van der Waals surface area contributed by atoms with E-state index in [1.807, 2.05) is 11.9 Å². The molecular formula is C16H31N3O. The molecule has 1 aliphatic heterocycles. The van der Waals surface area contributed by atoms with Crippen molar-refractivity contribution in [3.63, 3.8) is 0 Å². The zero-order valence-electron chi connectivity index (χ0n) is 13.6. The summed E-state index contributed by atoms with van der Waals surface area (Å²) in [7, 11) is 1.92. The van der Waals surface area contributed by atoms with Crippen LogP contribution in [0.4, 0.5) is 4.79 Å². The fourth-order valence-corrected chi connectivity index (χ4v) is 3.11. The van der Waals surface area contributed by atoms with Gasteiger partial charge in [0.2, 0.25) is 0 Å². The number of nitrogens with zero attached hydrogens (tertiary/aromatic N) is 2. The zero-order valence-corrected chi connectivity index (χ0v) is 13.6. The van der Waals surface area contributed by atoms with E-state index in [2.05, 4.69) is 31.0 Å². The monoisotopic (exact) mass is 281 g/mol. The first-order valence-corrected chi connectivity index (χ1v) is 8.17. The third-order valence-electron chi connectivity index (χ3n) is 5.12. The number of hydrogen-bond acceptors (Lipinski definition) is 2. The van der Waals surface area contributed by atoms with Gasteiger partial charge in [0, 0.05) is 25.2 Å². The molecule has 0 aromatic rings. The Balaban J connectivity index is 1.78. The lowest BCUT2D eigenvalue weighted by atomic mass is 9.98. The molecule has 0 aromatic heterocycles. The molecular weight excluding hydrogens is 250 g/mol. The molecule has 1 saturated heterocycles. The van der Waals surface area contributed by atoms with Gasteiger partial charge in [0.15, 0.2) is 0 Å². The maximum absolute atomic E-state index is 12.2. The lowest BCUT2D eigenvalue weighted by Crippen LogP contribution is -2.55. The number of nitrogens with one attached hydrogen (secondary N) is 1. The fourth-order valence-electron chi connectivity index (χ4n) is 3.11. The van der Waals surface area contributed by atoms with Crippen LogP contribution in [0.15, 0.2) is 0 Å². The summed E-state index contributed by atoms with van der Waals surface area (Å²) in [4.78, 5) is 16.6. The van der Waals surface area contributed by atoms with Crippen LogP contribution in [0.25, 0.3) is 0 Å². The highest BCUT2D eigenvalue weighted by molar-refractivity contribution is 5.74. The van der Waals surface area contributed by atoms with Crippen molar-refractivity contribution in [3.05, 3.63) is 0 Å². The molecule has 1 N–H and O–H groups in total. The molecule has 2 rings (SSSR count). The van der Waals surface area contributed by atoms with E-state index < -0.39 is 0 Å². The molecule has 2 amide bonds. The molecule has 0 bridgehead atoms. The van der Waals surface area contributed by atoms with Gasteiger partial charge in [-0.05, 0) is 65.5 Å². The van der Waals surface area contributed by atoms with Gasteiger partial charge in [-0.3, -0.25) is 4.90 Å². The summed E-state index contributed by atoms with van der Waals surface area (Å²) < 4.78 is 0. The number of carbonyl (C=O) groups is 1. The van der Waals surface area contributed by atoms with Crippen LogP contribution in [-0.4, -0.2) is 54.1 Å². The van der Waals surface area contributed by atoms with Crippen LogP contribution < -0.4 is 5.32 Å². The van der Waals surface area contributed by atoms with Crippen LogP contribution in [-0.2, 0) is 0 Å². The van der Waals surface area contributed by atoms with Crippen molar-refractivity contribution in [2.75, 3.05) is 26.7 Å². The van der Waals surface area contributed by atoms with Crippen molar-refractivity contribution in [2.24, 2.45) is 5.92 Å². The number of urea groups is 1. The van der Waals surface area contributed by atoms with Crippen molar-refractivity contribution in [1.29, 1.82) is 0 Å². The Labute approximate surface area is 123 Å². The first kappa shape index (κ1) is 15.6. The molecule has 4 nitrogen and oxygen atoms in total. The summed E-state index contributed by atoms with van der Waals surface area (Å²) in [6.45, 7) is 9.70. The molecule has 0 unspecified atom stereocenters. The van der Waals surface area contributed by atoms with Crippen molar-refractivity contribution in [1.82, 2.24) is 15.1 Å². The predicted octanol–water partition coefficient (Wildman–Crippen LogP) is 2.69. The second-order valence-electron chi connectivity index (χ2n) is 7.21. The molecule has 0 radical (unpaired) electrons. The fraction of sp³-hybridized carbons (Fsp3) is 0.938. The molecule has 1 saturated carbocycles. The average Bonchev–Trinajstić information content (AvgIpc) is 3.29. The minimum atomic E-state index is 0.0553. The summed E-state index contributed by atoms with van der Waals surface area (Å²) in [6.07, 6.45) is 6.47. The first-order valence-electron chi connectivity index (χ1n) is 8.17. The van der Waals surface area contributed by atoms with Crippen molar-refractivity contribution < 1.29 is 4.79 Å². The predicted molar refractivity (Wildman–Crippen MR) is 82.9 cm³/mol. The van der Waals surface area contributed by atoms with Crippen molar-refractivity contribution in [2.45, 2.75) is 64.5 Å². The second kappa shape index (κ2) is 6.33. The maximum atomic E-state index is 12.2. The van der Waals surface area contributed by atoms with Gasteiger partial charge in [-0.25, -0.2) is 4.79 Å². The standard InChI is InChI=1S/C16H31N3O/c1-13(14-8-9-14)18(4)15(20)17-12-16(2,3)19-10-6-5-7-11-19/h13-14H,5-12H2,1-4H3,(H,17,20)/t13-/m0/s1. The molecule has 1 aliphatic carbocycles. The Morgan fingerprint density at radius 1 is 1.30 bits per heavy atom. The van der Waals surface area contributed by atoms with E-state index in [0.29, 0.717) is 6.04 Å². The maximum Gasteiger partial charge on any atom is 0.317 e. The summed E-state index contributed by atoms with van der Waals surface area (Å²) in [5, 5.41) is 3.13. The minimum Gasteiger partial charge on any atom is -0.336 e. The zero-order chi connectivity index (χ0) is 14.8. The Kier molecular flexibility index (Phi) is 4.95. The number of likely N-dealkylation sites (tertiary alicyclic amines) is 1. The summed E-state index contributed by atoms with van der Waals surface area (Å²) in [5.41, 5.74) is 0.0553. The minimum absolute atomic E-state index is 0.0553. The average molecular weight is 281 g/mol. The quantitative estimate of drug-likeness (QED) is 0.841. The van der Waals surface area contributed by atoms with E-state index in [-0.39, 0.29) is 11.6 Å². The highest BCUT2D eigenvalue weighted by Gasteiger charge is 2.33. The highest BCUT2D eigenvalue weighted by Crippen LogP contribution is 2.34. The van der Waals surface area contributed by atoms with E-state index in [1.165, 1.54) is 32.1 Å². The molecule has 1 heterocycles. The van der Waals surface area contributed by atoms with Crippen LogP contribution in [0.1, 0.15) is 52.9 Å². The van der Waals surface area contributed by atoms with E-state index in [0.717, 1.165) is 25.6 Å². The normalized spacial score (nSPS) is 22.4. The molecule has 20 heavy (non-hydrogen) atoms. The highest BCUT2D eigenvalue weighted by atomic mass is 16.2. The van der Waals surface area contributed by atoms with Gasteiger partial charge in [-0.1, -0.05) is 6.42 Å². The van der Waals surface area contributed by atoms with E-state index in [1.54, 1.807) is 0 Å². The molecule has 116 valence electrons. The van der Waals surface area contributed by atoms with Crippen LogP contribution in [0, 0.1) is 5.92 Å². The van der Waals surface area contributed by atoms with E-state index in [4.69, 9.17) is 0 Å². The van der Waals surface area contributed by atoms with Gasteiger partial charge >= 0.3 is 6.03 Å². The number of carbonyl (C=O) groups excluding carboxylic acids is 1. The molecule has 2 fully saturated rings. The van der Waals surface area contributed by atoms with E-state index >= 15 is 0 Å². The largest absolute Gasteiger partial charge is 0.336 e. The smallest absolute Gasteiger partial charge is 0.317 e. The van der Waals surface area contributed by atoms with E-state index in [9.17, 15) is 4.79 Å². The summed E-state index contributed by atoms with van der Waals surface area (Å²) >= 11 is 0. The summed E-state index contributed by atoms with van der Waals surface area (Å²) in [6, 6.07) is 0.447. The lowest BCUT2D eigenvalue weighted by molar-refractivity contribution is 0.0934. The van der Waals surface area contributed by atoms with Crippen LogP contribution in [0.2, 0.25) is 0 Å². The van der Waals surface area contributed by atoms with Crippen LogP contribution in [0.3, 0.4) is 0 Å². The first-order chi connectivity index (χ1) is 9.42. The third-order valence-corrected chi connectivity index (χ3v) is 5.12. The van der Waals surface area contributed by atoms with Gasteiger partial charge in [-0.15, -0.1) is 0 Å². The van der Waals surface area contributed by atoms with Crippen molar-refractivity contribution >= 4 is 6.03 Å². The molecule has 0 aromatic carbocycles. The van der Waals surface area contributed by atoms with Gasteiger partial charge in [-0.2, -0.15) is 0 Å². The topological polar surface area (TPSA) is 35.6 Å². The number of hydrogen-bond donors (Lipinski definition) is 1. The Hall–Kier alpha value is -0.770. The molecule has 4 heteroatoms. The van der Waals surface area contributed by atoms with Gasteiger partial charge in [0.25, 0.3) is 0 Å². The van der Waals surface area contributed by atoms with Gasteiger partial charge in [0.05, 0.1) is 0 Å². The SMILES string of the molecule is C[C@@H](C1CC1)N(C)C(=O)NCC(C)(C)N1CCCCC1. The van der Waals surface area contributed by atoms with Crippen molar-refractivity contribution in [3.8, 4) is 0 Å². The molecule has 0 spiro atoms. The lowest BCUT2D eigenvalue weighted by Gasteiger charge is -2.41. The third kappa shape index (κ3) is 3.87. The van der Waals surface area contributed by atoms with Gasteiger partial charge < -0.3 is 10.2 Å². The summed E-state index contributed by atoms with van der Waals surface area (Å²) in [5.74, 6) is 0.723. The van der Waals surface area contributed by atoms with Gasteiger partial charge in [0.1, 0.15) is 0 Å². The number of amides is 2. The Morgan fingerprint density at radius 3 is 2.45 bits per heavy atom. The molecule has 1 atom stereocenters. The van der Waals surface area contributed by atoms with Crippen LogP contribution in [0.5, 0.6) is 0 Å². The Bertz CT molecular complexity index is 333.